The summed E-state index contributed by atoms with van der Waals surface area (Å²) in [5.41, 5.74) is 0. The molecule has 0 saturated carbocycles. The number of unbranched alkanes of at least 4 members (excludes halogenated alkanes) is 29. The van der Waals surface area contributed by atoms with E-state index in [2.05, 4.69) is 153 Å². The van der Waals surface area contributed by atoms with Gasteiger partial charge in [-0.15, -0.1) is 0 Å². The average Bonchev–Trinajstić information content (AvgIpc) is 3.71. The molecule has 2 N–H and O–H groups in total. The van der Waals surface area contributed by atoms with Crippen molar-refractivity contribution >= 4 is 13.7 Å². The maximum atomic E-state index is 13.0. The van der Waals surface area contributed by atoms with E-state index >= 15 is 0 Å². The fraction of sp³-hybridized carbons (Fsp3) is 0.679. The highest BCUT2D eigenvalue weighted by molar-refractivity contribution is 7.45. The van der Waals surface area contributed by atoms with E-state index < -0.39 is 26.6 Å². The van der Waals surface area contributed by atoms with Gasteiger partial charge in [-0.25, -0.2) is 0 Å². The first kappa shape index (κ1) is 83.4. The maximum absolute atomic E-state index is 13.0. The molecule has 0 radical (unpaired) electrons. The Balaban J connectivity index is 4.16. The largest absolute Gasteiger partial charge is 0.756 e. The third-order valence-corrected chi connectivity index (χ3v) is 16.3. The molecule has 87 heavy (non-hydrogen) atoms. The van der Waals surface area contributed by atoms with Gasteiger partial charge in [0, 0.05) is 6.42 Å². The van der Waals surface area contributed by atoms with Gasteiger partial charge < -0.3 is 28.8 Å². The number of carbonyl (C=O) groups excluding carboxylic acids is 1. The molecule has 0 aliphatic rings. The highest BCUT2D eigenvalue weighted by atomic mass is 31.2. The molecule has 9 heteroatoms. The van der Waals surface area contributed by atoms with Crippen LogP contribution >= 0.6 is 7.82 Å². The molecular formula is C78H135N2O6P. The average molecular weight is 1230 g/mol. The Morgan fingerprint density at radius 3 is 1.02 bits per heavy atom. The second-order valence-electron chi connectivity index (χ2n) is 24.9. The summed E-state index contributed by atoms with van der Waals surface area (Å²) in [5, 5.41) is 14.0. The zero-order valence-corrected chi connectivity index (χ0v) is 57.8. The molecule has 0 aromatic rings. The molecule has 0 aliphatic heterocycles. The van der Waals surface area contributed by atoms with Crippen LogP contribution in [0.1, 0.15) is 290 Å². The maximum Gasteiger partial charge on any atom is 0.268 e. The number of hydrogen-bond donors (Lipinski definition) is 2. The van der Waals surface area contributed by atoms with Gasteiger partial charge >= 0.3 is 0 Å². The number of likely N-dealkylation sites (N-methyl/N-ethyl adjacent to an activating group) is 1. The lowest BCUT2D eigenvalue weighted by Gasteiger charge is -2.29. The number of hydrogen-bond acceptors (Lipinski definition) is 6. The summed E-state index contributed by atoms with van der Waals surface area (Å²) >= 11 is 0. The number of phosphoric ester groups is 1. The Labute approximate surface area is 538 Å². The summed E-state index contributed by atoms with van der Waals surface area (Å²) in [6, 6.07) is -0.904. The Bertz CT molecular complexity index is 1930. The number of aliphatic hydroxyl groups excluding tert-OH is 1. The van der Waals surface area contributed by atoms with Crippen molar-refractivity contribution in [2.45, 2.75) is 302 Å². The van der Waals surface area contributed by atoms with Crippen molar-refractivity contribution in [2.24, 2.45) is 0 Å². The second kappa shape index (κ2) is 66.8. The van der Waals surface area contributed by atoms with Crippen LogP contribution in [0, 0.1) is 0 Å². The number of nitrogens with one attached hydrogen (secondary N) is 1. The molecular weight excluding hydrogens is 1090 g/mol. The first-order valence-corrected chi connectivity index (χ1v) is 37.2. The van der Waals surface area contributed by atoms with Crippen molar-refractivity contribution in [3.8, 4) is 0 Å². The topological polar surface area (TPSA) is 108 Å². The van der Waals surface area contributed by atoms with Crippen molar-refractivity contribution in [3.63, 3.8) is 0 Å². The van der Waals surface area contributed by atoms with E-state index in [0.29, 0.717) is 17.4 Å². The minimum Gasteiger partial charge on any atom is -0.756 e. The Morgan fingerprint density at radius 1 is 0.414 bits per heavy atom. The smallest absolute Gasteiger partial charge is 0.268 e. The summed E-state index contributed by atoms with van der Waals surface area (Å²) in [7, 11) is 1.24. The number of amides is 1. The van der Waals surface area contributed by atoms with E-state index in [1.54, 1.807) is 6.08 Å². The van der Waals surface area contributed by atoms with Crippen LogP contribution in [0.15, 0.2) is 146 Å². The van der Waals surface area contributed by atoms with Gasteiger partial charge in [0.05, 0.1) is 39.9 Å². The number of carbonyl (C=O) groups is 1. The van der Waals surface area contributed by atoms with Gasteiger partial charge in [-0.1, -0.05) is 327 Å². The summed E-state index contributed by atoms with van der Waals surface area (Å²) in [6.07, 6.45) is 102. The minimum absolute atomic E-state index is 0.00983. The van der Waals surface area contributed by atoms with Gasteiger partial charge in [-0.3, -0.25) is 9.36 Å². The zero-order valence-electron chi connectivity index (χ0n) is 56.9. The molecule has 3 unspecified atom stereocenters. The van der Waals surface area contributed by atoms with Gasteiger partial charge in [0.2, 0.25) is 5.91 Å². The molecule has 0 aliphatic carbocycles. The van der Waals surface area contributed by atoms with Crippen molar-refractivity contribution in [1.82, 2.24) is 5.32 Å². The van der Waals surface area contributed by atoms with Crippen molar-refractivity contribution in [3.05, 3.63) is 146 Å². The monoisotopic (exact) mass is 1230 g/mol. The lowest BCUT2D eigenvalue weighted by molar-refractivity contribution is -0.870. The predicted molar refractivity (Wildman–Crippen MR) is 380 cm³/mol. The summed E-state index contributed by atoms with van der Waals surface area (Å²) in [4.78, 5) is 25.6. The molecule has 0 rings (SSSR count). The van der Waals surface area contributed by atoms with Crippen molar-refractivity contribution < 1.29 is 32.9 Å². The van der Waals surface area contributed by atoms with Gasteiger partial charge in [0.15, 0.2) is 0 Å². The van der Waals surface area contributed by atoms with Crippen LogP contribution in [-0.4, -0.2) is 68.5 Å². The van der Waals surface area contributed by atoms with Crippen LogP contribution in [0.3, 0.4) is 0 Å². The number of rotatable bonds is 64. The van der Waals surface area contributed by atoms with E-state index in [9.17, 15) is 19.4 Å². The van der Waals surface area contributed by atoms with Crippen LogP contribution in [0.25, 0.3) is 0 Å². The molecule has 0 fully saturated rings. The molecule has 0 aromatic carbocycles. The van der Waals surface area contributed by atoms with E-state index in [-0.39, 0.29) is 12.5 Å². The first-order chi connectivity index (χ1) is 42.5. The van der Waals surface area contributed by atoms with E-state index in [0.717, 1.165) is 122 Å². The molecule has 8 nitrogen and oxygen atoms in total. The van der Waals surface area contributed by atoms with Crippen LogP contribution in [-0.2, 0) is 18.4 Å². The second-order valence-corrected chi connectivity index (χ2v) is 26.3. The van der Waals surface area contributed by atoms with Crippen LogP contribution < -0.4 is 10.2 Å². The standard InChI is InChI=1S/C78H135N2O6P/c1-6-8-10-12-14-16-18-20-22-24-26-28-30-32-33-34-35-36-37-38-39-40-41-42-43-44-45-46-47-48-50-52-54-56-58-60-62-64-66-68-70-72-78(82)79-76(75-86-87(83,84)85-74-73-80(3,4)5)77(81)71-69-67-65-63-61-59-57-55-53-51-49-31-29-27-25-23-21-19-17-15-13-11-9-7-2/h8,10,14,16,20,22,26,28,32-33,35-36,38-39,41-42,44-45,47-48,52,54,69,71,76-77,81H,6-7,9,11-13,15,17-19,21,23-25,27,29-31,34,37,40,43,46,49-51,53,55-68,70,72-75H2,1-5H3,(H-,79,82,83,84)/b10-8-,16-14-,22-20-,28-26-,33-32-,36-35-,39-38-,42-41-,45-44-,48-47-,54-52-,71-69+. The van der Waals surface area contributed by atoms with Gasteiger partial charge in [-0.05, 0) is 103 Å². The normalized spacial score (nSPS) is 14.5. The molecule has 1 amide bonds. The zero-order chi connectivity index (χ0) is 63.4. The molecule has 0 aromatic heterocycles. The van der Waals surface area contributed by atoms with Crippen LogP contribution in [0.4, 0.5) is 0 Å². The molecule has 0 heterocycles. The SMILES string of the molecule is CC/C=C\C/C=C\C/C=C\C/C=C\C/C=C\C/C=C\C/C=C\C/C=C\C/C=C\C/C=C\C/C=C\CCCCCCCCCC(=O)NC(COP(=O)([O-])OCC[N+](C)(C)C)C(O)/C=C/CCCCCCCCCCCCCCCCCCCCCCCC. The number of phosphoric acid groups is 1. The van der Waals surface area contributed by atoms with Crippen molar-refractivity contribution in [2.75, 3.05) is 40.9 Å². The molecule has 0 spiro atoms. The van der Waals surface area contributed by atoms with Gasteiger partial charge in [0.1, 0.15) is 13.2 Å². The van der Waals surface area contributed by atoms with E-state index in [1.807, 2.05) is 27.2 Å². The van der Waals surface area contributed by atoms with Crippen molar-refractivity contribution in [1.29, 1.82) is 0 Å². The number of nitrogens with zero attached hydrogens (tertiary/aromatic N) is 1. The number of aliphatic hydroxyl groups is 1. The number of allylic oxidation sites excluding steroid dienone is 23. The van der Waals surface area contributed by atoms with Crippen LogP contribution in [0.5, 0.6) is 0 Å². The molecule has 0 saturated heterocycles. The molecule has 0 bridgehead atoms. The fourth-order valence-corrected chi connectivity index (χ4v) is 10.5. The minimum atomic E-state index is -4.62. The summed E-state index contributed by atoms with van der Waals surface area (Å²) < 4.78 is 23.4. The Morgan fingerprint density at radius 2 is 0.701 bits per heavy atom. The number of quaternary nitrogens is 1. The van der Waals surface area contributed by atoms with Gasteiger partial charge in [-0.2, -0.15) is 0 Å². The summed E-state index contributed by atoms with van der Waals surface area (Å²) in [6.45, 7) is 4.54. The van der Waals surface area contributed by atoms with E-state index in [1.165, 1.54) is 148 Å². The quantitative estimate of drug-likeness (QED) is 0.0272. The Kier molecular flexibility index (Phi) is 64.0. The lowest BCUT2D eigenvalue weighted by Crippen LogP contribution is -2.45. The first-order valence-electron chi connectivity index (χ1n) is 35.7. The van der Waals surface area contributed by atoms with Gasteiger partial charge in [0.25, 0.3) is 7.82 Å². The van der Waals surface area contributed by atoms with E-state index in [4.69, 9.17) is 9.05 Å². The van der Waals surface area contributed by atoms with Crippen LogP contribution in [0.2, 0.25) is 0 Å². The third-order valence-electron chi connectivity index (χ3n) is 15.3. The predicted octanol–water partition coefficient (Wildman–Crippen LogP) is 22.5. The summed E-state index contributed by atoms with van der Waals surface area (Å²) in [5.74, 6) is -0.211. The highest BCUT2D eigenvalue weighted by Crippen LogP contribution is 2.38. The third kappa shape index (κ3) is 69.7. The highest BCUT2D eigenvalue weighted by Gasteiger charge is 2.23. The Hall–Kier alpha value is -3.62. The fourth-order valence-electron chi connectivity index (χ4n) is 9.81. The lowest BCUT2D eigenvalue weighted by atomic mass is 10.0. The molecule has 3 atom stereocenters. The molecule has 498 valence electrons.